The Morgan fingerprint density at radius 1 is 1.08 bits per heavy atom. The van der Waals surface area contributed by atoms with Crippen LogP contribution in [0.3, 0.4) is 0 Å². The summed E-state index contributed by atoms with van der Waals surface area (Å²) in [6, 6.07) is 12.6. The van der Waals surface area contributed by atoms with Crippen LogP contribution in [0.4, 0.5) is 5.69 Å². The van der Waals surface area contributed by atoms with Gasteiger partial charge in [-0.2, -0.15) is 0 Å². The number of carbonyl (C=O) groups excluding carboxylic acids is 1. The molecule has 3 rings (SSSR count). The number of amides is 1. The zero-order valence-corrected chi connectivity index (χ0v) is 14.0. The Balaban J connectivity index is 1.52. The number of carbonyl (C=O) groups is 1. The predicted octanol–water partition coefficient (Wildman–Crippen LogP) is 3.80. The maximum Gasteiger partial charge on any atom is 0.253 e. The molecule has 0 aliphatic heterocycles. The van der Waals surface area contributed by atoms with Crippen molar-refractivity contribution in [1.29, 1.82) is 0 Å². The van der Waals surface area contributed by atoms with Crippen LogP contribution in [0.5, 0.6) is 0 Å². The lowest BCUT2D eigenvalue weighted by molar-refractivity contribution is 0.0927. The fourth-order valence-corrected chi connectivity index (χ4v) is 3.17. The van der Waals surface area contributed by atoms with E-state index in [1.165, 1.54) is 24.8 Å². The van der Waals surface area contributed by atoms with Crippen LogP contribution in [-0.2, 0) is 6.42 Å². The third-order valence-corrected chi connectivity index (χ3v) is 4.53. The third kappa shape index (κ3) is 4.82. The third-order valence-electron chi connectivity index (χ3n) is 4.53. The van der Waals surface area contributed by atoms with Gasteiger partial charge in [-0.1, -0.05) is 49.6 Å². The van der Waals surface area contributed by atoms with Crippen LogP contribution in [0.1, 0.15) is 48.0 Å². The molecule has 2 aromatic rings. The summed E-state index contributed by atoms with van der Waals surface area (Å²) < 4.78 is 0. The van der Waals surface area contributed by atoms with Crippen molar-refractivity contribution in [2.45, 2.75) is 44.6 Å². The summed E-state index contributed by atoms with van der Waals surface area (Å²) in [5.41, 5.74) is 2.82. The Kier molecular flexibility index (Phi) is 5.83. The molecule has 1 amide bonds. The molecule has 1 heterocycles. The fourth-order valence-electron chi connectivity index (χ4n) is 3.17. The molecule has 2 N–H and O–H groups in total. The smallest absolute Gasteiger partial charge is 0.253 e. The molecule has 0 spiro atoms. The van der Waals surface area contributed by atoms with Gasteiger partial charge in [0.2, 0.25) is 0 Å². The molecular formula is C20H25N3O. The van der Waals surface area contributed by atoms with Gasteiger partial charge in [0.25, 0.3) is 5.91 Å². The summed E-state index contributed by atoms with van der Waals surface area (Å²) in [5, 5.41) is 6.49. The molecule has 4 heteroatoms. The van der Waals surface area contributed by atoms with E-state index in [4.69, 9.17) is 0 Å². The number of nitrogens with zero attached hydrogens (tertiary/aromatic N) is 1. The number of aromatic nitrogens is 1. The second kappa shape index (κ2) is 8.48. The van der Waals surface area contributed by atoms with Crippen LogP contribution in [0.2, 0.25) is 0 Å². The Hall–Kier alpha value is -2.36. The topological polar surface area (TPSA) is 54.0 Å². The SMILES string of the molecule is O=C(NC1CCCCC1)c1cncc(NCCc2ccccc2)c1. The van der Waals surface area contributed by atoms with Crippen molar-refractivity contribution < 1.29 is 4.79 Å². The maximum absolute atomic E-state index is 12.4. The Labute approximate surface area is 143 Å². The quantitative estimate of drug-likeness (QED) is 0.850. The van der Waals surface area contributed by atoms with E-state index in [1.807, 2.05) is 24.3 Å². The normalized spacial score (nSPS) is 15.0. The van der Waals surface area contributed by atoms with Gasteiger partial charge < -0.3 is 10.6 Å². The van der Waals surface area contributed by atoms with Crippen LogP contribution in [0, 0.1) is 0 Å². The molecule has 126 valence electrons. The summed E-state index contributed by atoms with van der Waals surface area (Å²) in [7, 11) is 0. The summed E-state index contributed by atoms with van der Waals surface area (Å²) in [6.07, 6.45) is 10.2. The molecule has 4 nitrogen and oxygen atoms in total. The molecule has 1 fully saturated rings. The van der Waals surface area contributed by atoms with Crippen molar-refractivity contribution >= 4 is 11.6 Å². The highest BCUT2D eigenvalue weighted by Crippen LogP contribution is 2.18. The van der Waals surface area contributed by atoms with Crippen molar-refractivity contribution in [3.8, 4) is 0 Å². The van der Waals surface area contributed by atoms with Crippen molar-refractivity contribution in [3.63, 3.8) is 0 Å². The lowest BCUT2D eigenvalue weighted by atomic mass is 9.95. The zero-order valence-electron chi connectivity index (χ0n) is 14.0. The van der Waals surface area contributed by atoms with E-state index < -0.39 is 0 Å². The van der Waals surface area contributed by atoms with E-state index in [0.29, 0.717) is 11.6 Å². The van der Waals surface area contributed by atoms with Crippen LogP contribution in [-0.4, -0.2) is 23.5 Å². The van der Waals surface area contributed by atoms with Crippen molar-refractivity contribution in [2.24, 2.45) is 0 Å². The largest absolute Gasteiger partial charge is 0.383 e. The number of nitrogens with one attached hydrogen (secondary N) is 2. The molecule has 1 aliphatic carbocycles. The van der Waals surface area contributed by atoms with E-state index in [2.05, 4.69) is 27.8 Å². The first-order valence-corrected chi connectivity index (χ1v) is 8.85. The molecule has 1 saturated carbocycles. The van der Waals surface area contributed by atoms with Crippen LogP contribution < -0.4 is 10.6 Å². The molecule has 24 heavy (non-hydrogen) atoms. The molecule has 0 bridgehead atoms. The molecule has 1 aliphatic rings. The number of rotatable bonds is 6. The molecule has 1 aromatic heterocycles. The minimum Gasteiger partial charge on any atom is -0.383 e. The monoisotopic (exact) mass is 323 g/mol. The minimum absolute atomic E-state index is 0.0129. The van der Waals surface area contributed by atoms with Gasteiger partial charge in [-0.15, -0.1) is 0 Å². The summed E-state index contributed by atoms with van der Waals surface area (Å²) >= 11 is 0. The molecule has 0 atom stereocenters. The van der Waals surface area contributed by atoms with E-state index in [1.54, 1.807) is 12.4 Å². The highest BCUT2D eigenvalue weighted by atomic mass is 16.1. The lowest BCUT2D eigenvalue weighted by Crippen LogP contribution is -2.36. The molecule has 0 unspecified atom stereocenters. The summed E-state index contributed by atoms with van der Waals surface area (Å²) in [5.74, 6) is -0.0129. The fraction of sp³-hybridized carbons (Fsp3) is 0.400. The first kappa shape index (κ1) is 16.5. The van der Waals surface area contributed by atoms with Gasteiger partial charge in [0, 0.05) is 25.0 Å². The van der Waals surface area contributed by atoms with Crippen molar-refractivity contribution in [2.75, 3.05) is 11.9 Å². The van der Waals surface area contributed by atoms with Crippen LogP contribution >= 0.6 is 0 Å². The van der Waals surface area contributed by atoms with E-state index in [9.17, 15) is 4.79 Å². The Morgan fingerprint density at radius 3 is 2.67 bits per heavy atom. The Bertz CT molecular complexity index is 651. The average molecular weight is 323 g/mol. The van der Waals surface area contributed by atoms with Crippen molar-refractivity contribution in [3.05, 3.63) is 59.9 Å². The standard InChI is InChI=1S/C20H25N3O/c24-20(23-18-9-5-2-6-10-18)17-13-19(15-21-14-17)22-12-11-16-7-3-1-4-8-16/h1,3-4,7-8,13-15,18,22H,2,5-6,9-12H2,(H,23,24). The molecule has 1 aromatic carbocycles. The van der Waals surface area contributed by atoms with Gasteiger partial charge in [-0.05, 0) is 30.9 Å². The van der Waals surface area contributed by atoms with E-state index >= 15 is 0 Å². The van der Waals surface area contributed by atoms with Crippen LogP contribution in [0.15, 0.2) is 48.8 Å². The zero-order chi connectivity index (χ0) is 16.6. The Morgan fingerprint density at radius 2 is 1.88 bits per heavy atom. The first-order valence-electron chi connectivity index (χ1n) is 8.85. The van der Waals surface area contributed by atoms with Gasteiger partial charge in [0.05, 0.1) is 11.3 Å². The second-order valence-electron chi connectivity index (χ2n) is 6.43. The summed E-state index contributed by atoms with van der Waals surface area (Å²) in [6.45, 7) is 0.819. The number of anilines is 1. The van der Waals surface area contributed by atoms with Gasteiger partial charge in [0.1, 0.15) is 0 Å². The van der Waals surface area contributed by atoms with Crippen molar-refractivity contribution in [1.82, 2.24) is 10.3 Å². The van der Waals surface area contributed by atoms with Gasteiger partial charge in [0.15, 0.2) is 0 Å². The molecular weight excluding hydrogens is 298 g/mol. The van der Waals surface area contributed by atoms with Gasteiger partial charge in [-0.3, -0.25) is 9.78 Å². The average Bonchev–Trinajstić information content (AvgIpc) is 2.64. The van der Waals surface area contributed by atoms with E-state index in [-0.39, 0.29) is 5.91 Å². The highest BCUT2D eigenvalue weighted by Gasteiger charge is 2.16. The number of benzene rings is 1. The molecule has 0 saturated heterocycles. The van der Waals surface area contributed by atoms with Gasteiger partial charge in [-0.25, -0.2) is 0 Å². The number of pyridine rings is 1. The second-order valence-corrected chi connectivity index (χ2v) is 6.43. The van der Waals surface area contributed by atoms with E-state index in [0.717, 1.165) is 31.5 Å². The maximum atomic E-state index is 12.4. The first-order chi connectivity index (χ1) is 11.8. The van der Waals surface area contributed by atoms with Crippen LogP contribution in [0.25, 0.3) is 0 Å². The number of hydrogen-bond acceptors (Lipinski definition) is 3. The minimum atomic E-state index is -0.0129. The highest BCUT2D eigenvalue weighted by molar-refractivity contribution is 5.94. The number of hydrogen-bond donors (Lipinski definition) is 2. The molecule has 0 radical (unpaired) electrons. The van der Waals surface area contributed by atoms with Gasteiger partial charge >= 0.3 is 0 Å². The summed E-state index contributed by atoms with van der Waals surface area (Å²) in [4.78, 5) is 16.6. The predicted molar refractivity (Wildman–Crippen MR) is 97.2 cm³/mol. The lowest BCUT2D eigenvalue weighted by Gasteiger charge is -2.22.